The minimum absolute atomic E-state index is 0.0559. The van der Waals surface area contributed by atoms with Gasteiger partial charge in [-0.05, 0) is 39.5 Å². The molecule has 112 valence electrons. The third kappa shape index (κ3) is 4.06. The molecule has 6 heteroatoms. The smallest absolute Gasteiger partial charge is 0.255 e. The molecule has 0 aliphatic heterocycles. The maximum atomic E-state index is 12.7. The Balaban J connectivity index is 2.22. The lowest BCUT2D eigenvalue weighted by atomic mass is 10.1. The van der Waals surface area contributed by atoms with Gasteiger partial charge in [-0.3, -0.25) is 4.79 Å². The Morgan fingerprint density at radius 3 is 2.86 bits per heavy atom. The Morgan fingerprint density at radius 1 is 1.38 bits per heavy atom. The number of benzene rings is 1. The molecule has 2 N–H and O–H groups in total. The topological polar surface area (TPSA) is 55.6 Å². The highest BCUT2D eigenvalue weighted by molar-refractivity contribution is 9.10. The molecule has 0 aliphatic carbocycles. The number of nitrogen functional groups attached to an aromatic ring is 1. The lowest BCUT2D eigenvalue weighted by Crippen LogP contribution is -2.33. The van der Waals surface area contributed by atoms with E-state index in [1.165, 1.54) is 0 Å². The molecule has 0 saturated heterocycles. The summed E-state index contributed by atoms with van der Waals surface area (Å²) < 4.78 is 5.75. The second-order valence-corrected chi connectivity index (χ2v) is 6.33. The van der Waals surface area contributed by atoms with E-state index in [4.69, 9.17) is 10.5 Å². The number of thiophene rings is 1. The van der Waals surface area contributed by atoms with Crippen molar-refractivity contribution < 1.29 is 9.53 Å². The van der Waals surface area contributed by atoms with Gasteiger partial charge in [-0.25, -0.2) is 0 Å². The largest absolute Gasteiger partial charge is 0.398 e. The van der Waals surface area contributed by atoms with Crippen molar-refractivity contribution >= 4 is 38.9 Å². The number of rotatable bonds is 6. The molecule has 0 atom stereocenters. The SMILES string of the molecule is COCCN(Cc1cccs1)C(=O)c1cccc(N)c1Br. The van der Waals surface area contributed by atoms with Crippen molar-refractivity contribution in [2.45, 2.75) is 6.54 Å². The molecule has 0 unspecified atom stereocenters. The average molecular weight is 369 g/mol. The summed E-state index contributed by atoms with van der Waals surface area (Å²) in [6.07, 6.45) is 0. The van der Waals surface area contributed by atoms with Crippen LogP contribution in [0.1, 0.15) is 15.2 Å². The van der Waals surface area contributed by atoms with Gasteiger partial charge in [-0.1, -0.05) is 12.1 Å². The Labute approximate surface area is 136 Å². The second kappa shape index (κ2) is 7.59. The van der Waals surface area contributed by atoms with E-state index in [0.29, 0.717) is 35.4 Å². The van der Waals surface area contributed by atoms with Gasteiger partial charge in [0.25, 0.3) is 5.91 Å². The van der Waals surface area contributed by atoms with Crippen molar-refractivity contribution in [2.75, 3.05) is 26.0 Å². The summed E-state index contributed by atoms with van der Waals surface area (Å²) in [4.78, 5) is 15.7. The van der Waals surface area contributed by atoms with E-state index in [1.807, 2.05) is 17.5 Å². The van der Waals surface area contributed by atoms with Gasteiger partial charge >= 0.3 is 0 Å². The first kappa shape index (κ1) is 16.0. The van der Waals surface area contributed by atoms with Crippen LogP contribution < -0.4 is 5.73 Å². The summed E-state index contributed by atoms with van der Waals surface area (Å²) in [6, 6.07) is 9.32. The molecule has 0 aliphatic rings. The summed E-state index contributed by atoms with van der Waals surface area (Å²) in [5, 5.41) is 2.00. The number of nitrogens with zero attached hydrogens (tertiary/aromatic N) is 1. The Kier molecular flexibility index (Phi) is 5.78. The van der Waals surface area contributed by atoms with Crippen molar-refractivity contribution in [1.29, 1.82) is 0 Å². The monoisotopic (exact) mass is 368 g/mol. The van der Waals surface area contributed by atoms with Gasteiger partial charge < -0.3 is 15.4 Å². The first-order valence-corrected chi connectivity index (χ1v) is 8.15. The minimum Gasteiger partial charge on any atom is -0.398 e. The third-order valence-corrected chi connectivity index (χ3v) is 4.78. The van der Waals surface area contributed by atoms with E-state index in [0.717, 1.165) is 4.88 Å². The van der Waals surface area contributed by atoms with Crippen molar-refractivity contribution in [3.8, 4) is 0 Å². The van der Waals surface area contributed by atoms with Crippen LogP contribution in [0.15, 0.2) is 40.2 Å². The van der Waals surface area contributed by atoms with Crippen LogP contribution in [0.3, 0.4) is 0 Å². The first-order chi connectivity index (χ1) is 10.1. The number of hydrogen-bond acceptors (Lipinski definition) is 4. The van der Waals surface area contributed by atoms with Crippen molar-refractivity contribution in [2.24, 2.45) is 0 Å². The summed E-state index contributed by atoms with van der Waals surface area (Å²) >= 11 is 5.03. The fraction of sp³-hybridized carbons (Fsp3) is 0.267. The molecule has 4 nitrogen and oxygen atoms in total. The van der Waals surface area contributed by atoms with Gasteiger partial charge in [0.2, 0.25) is 0 Å². The Morgan fingerprint density at radius 2 is 2.19 bits per heavy atom. The summed E-state index contributed by atoms with van der Waals surface area (Å²) in [6.45, 7) is 1.60. The number of carbonyl (C=O) groups excluding carboxylic acids is 1. The van der Waals surface area contributed by atoms with Crippen LogP contribution in [0, 0.1) is 0 Å². The van der Waals surface area contributed by atoms with Crippen LogP contribution in [-0.2, 0) is 11.3 Å². The molecular formula is C15H17BrN2O2S. The van der Waals surface area contributed by atoms with E-state index in [2.05, 4.69) is 15.9 Å². The third-order valence-electron chi connectivity index (χ3n) is 3.04. The maximum Gasteiger partial charge on any atom is 0.255 e. The van der Waals surface area contributed by atoms with Crippen molar-refractivity contribution in [1.82, 2.24) is 4.90 Å². The number of methoxy groups -OCH3 is 1. The molecule has 2 aromatic rings. The minimum atomic E-state index is -0.0559. The van der Waals surface area contributed by atoms with Crippen molar-refractivity contribution in [3.63, 3.8) is 0 Å². The van der Waals surface area contributed by atoms with E-state index in [1.54, 1.807) is 41.5 Å². The fourth-order valence-electron chi connectivity index (χ4n) is 1.93. The highest BCUT2D eigenvalue weighted by atomic mass is 79.9. The lowest BCUT2D eigenvalue weighted by molar-refractivity contribution is 0.0681. The van der Waals surface area contributed by atoms with Crippen LogP contribution in [0.4, 0.5) is 5.69 Å². The molecule has 0 radical (unpaired) electrons. The molecule has 0 fully saturated rings. The number of nitrogens with two attached hydrogens (primary N) is 1. The van der Waals surface area contributed by atoms with Gasteiger partial charge in [-0.15, -0.1) is 11.3 Å². The van der Waals surface area contributed by atoms with E-state index >= 15 is 0 Å². The highest BCUT2D eigenvalue weighted by Gasteiger charge is 2.19. The normalized spacial score (nSPS) is 10.6. The molecule has 1 heterocycles. The molecular weight excluding hydrogens is 352 g/mol. The first-order valence-electron chi connectivity index (χ1n) is 6.48. The average Bonchev–Trinajstić information content (AvgIpc) is 2.98. The van der Waals surface area contributed by atoms with Gasteiger partial charge in [0.1, 0.15) is 0 Å². The molecule has 0 bridgehead atoms. The zero-order valence-electron chi connectivity index (χ0n) is 11.7. The summed E-state index contributed by atoms with van der Waals surface area (Å²) in [7, 11) is 1.63. The Bertz CT molecular complexity index is 602. The van der Waals surface area contributed by atoms with Crippen LogP contribution >= 0.6 is 27.3 Å². The zero-order chi connectivity index (χ0) is 15.2. The highest BCUT2D eigenvalue weighted by Crippen LogP contribution is 2.25. The fourth-order valence-corrected chi connectivity index (χ4v) is 3.08. The van der Waals surface area contributed by atoms with Crippen LogP contribution in [-0.4, -0.2) is 31.1 Å². The predicted molar refractivity (Wildman–Crippen MR) is 89.5 cm³/mol. The number of carbonyl (C=O) groups is 1. The predicted octanol–water partition coefficient (Wildman–Crippen LogP) is 3.38. The van der Waals surface area contributed by atoms with Gasteiger partial charge in [-0.2, -0.15) is 0 Å². The van der Waals surface area contributed by atoms with Gasteiger partial charge in [0, 0.05) is 24.2 Å². The number of hydrogen-bond donors (Lipinski definition) is 1. The van der Waals surface area contributed by atoms with Gasteiger partial charge in [0.05, 0.1) is 23.2 Å². The zero-order valence-corrected chi connectivity index (χ0v) is 14.1. The molecule has 21 heavy (non-hydrogen) atoms. The molecule has 1 amide bonds. The molecule has 0 saturated carbocycles. The molecule has 1 aromatic heterocycles. The molecule has 0 spiro atoms. The number of anilines is 1. The molecule has 1 aromatic carbocycles. The summed E-state index contributed by atoms with van der Waals surface area (Å²) in [5.74, 6) is -0.0559. The standard InChI is InChI=1S/C15H17BrN2O2S/c1-20-8-7-18(10-11-4-3-9-21-11)15(19)12-5-2-6-13(17)14(12)16/h2-6,9H,7-8,10,17H2,1H3. The van der Waals surface area contributed by atoms with E-state index < -0.39 is 0 Å². The van der Waals surface area contributed by atoms with Crippen LogP contribution in [0.5, 0.6) is 0 Å². The number of halogens is 1. The quantitative estimate of drug-likeness (QED) is 0.795. The van der Waals surface area contributed by atoms with Gasteiger partial charge in [0.15, 0.2) is 0 Å². The lowest BCUT2D eigenvalue weighted by Gasteiger charge is -2.22. The summed E-state index contributed by atoms with van der Waals surface area (Å²) in [5.41, 5.74) is 6.99. The van der Waals surface area contributed by atoms with E-state index in [9.17, 15) is 4.79 Å². The maximum absolute atomic E-state index is 12.7. The van der Waals surface area contributed by atoms with Crippen LogP contribution in [0.25, 0.3) is 0 Å². The van der Waals surface area contributed by atoms with Crippen LogP contribution in [0.2, 0.25) is 0 Å². The second-order valence-electron chi connectivity index (χ2n) is 4.51. The molecule has 2 rings (SSSR count). The van der Waals surface area contributed by atoms with E-state index in [-0.39, 0.29) is 5.91 Å². The Hall–Kier alpha value is -1.37. The van der Waals surface area contributed by atoms with Crippen molar-refractivity contribution in [3.05, 3.63) is 50.6 Å². The number of amides is 1. The number of ether oxygens (including phenoxy) is 1.